The number of phenols is 1. The van der Waals surface area contributed by atoms with Crippen molar-refractivity contribution < 1.29 is 15.0 Å². The third-order valence-electron chi connectivity index (χ3n) is 2.64. The summed E-state index contributed by atoms with van der Waals surface area (Å²) in [6.45, 7) is 0. The van der Waals surface area contributed by atoms with E-state index in [4.69, 9.17) is 0 Å². The lowest BCUT2D eigenvalue weighted by Crippen LogP contribution is -2.04. The molecule has 0 aliphatic rings. The Morgan fingerprint density at radius 3 is 2.70 bits per heavy atom. The summed E-state index contributed by atoms with van der Waals surface area (Å²) < 4.78 is 0.974. The number of nitrogens with zero attached hydrogens (tertiary/aromatic N) is 1. The molecule has 0 saturated heterocycles. The van der Waals surface area contributed by atoms with Gasteiger partial charge in [0, 0.05) is 23.9 Å². The average molecular weight is 402 g/mol. The lowest BCUT2D eigenvalue weighted by Gasteiger charge is -2.06. The lowest BCUT2D eigenvalue weighted by atomic mass is 10.1. The van der Waals surface area contributed by atoms with Crippen LogP contribution in [0, 0.1) is 0 Å². The number of aromatic amines is 1. The molecule has 1 aromatic heterocycles. The number of nitrogens with one attached hydrogen (secondary N) is 1. The molecule has 1 heterocycles. The molecule has 20 heavy (non-hydrogen) atoms. The normalized spacial score (nSPS) is 11.6. The van der Waals surface area contributed by atoms with E-state index in [1.165, 1.54) is 6.08 Å². The molecule has 2 rings (SSSR count). The van der Waals surface area contributed by atoms with Gasteiger partial charge in [-0.3, -0.25) is 5.10 Å². The van der Waals surface area contributed by atoms with Crippen LogP contribution in [0.25, 0.3) is 6.08 Å². The fraction of sp³-hybridized carbons (Fsp3) is 0.0769. The van der Waals surface area contributed by atoms with Crippen LogP contribution in [0.1, 0.15) is 11.3 Å². The largest absolute Gasteiger partial charge is 0.506 e. The van der Waals surface area contributed by atoms with Gasteiger partial charge in [0.05, 0.1) is 8.95 Å². The number of halogens is 2. The second-order valence-corrected chi connectivity index (χ2v) is 5.68. The molecule has 0 aliphatic heterocycles. The summed E-state index contributed by atoms with van der Waals surface area (Å²) in [5.41, 5.74) is 1.48. The van der Waals surface area contributed by atoms with Crippen molar-refractivity contribution in [1.29, 1.82) is 0 Å². The van der Waals surface area contributed by atoms with E-state index in [0.717, 1.165) is 0 Å². The summed E-state index contributed by atoms with van der Waals surface area (Å²) in [6.07, 6.45) is 3.30. The van der Waals surface area contributed by atoms with E-state index >= 15 is 0 Å². The molecule has 2 aromatic rings. The number of hydrogen-bond acceptors (Lipinski definition) is 3. The van der Waals surface area contributed by atoms with Gasteiger partial charge in [0.2, 0.25) is 0 Å². The standard InChI is InChI=1S/C13H10Br2N2O3/c14-10-2-1-7(11(15)12(10)18)5-8(13(19)20)6-9-3-4-16-17-9/h1-5,18H,6H2,(H,16,17)(H,19,20)/b8-5-. The third kappa shape index (κ3) is 3.29. The highest BCUT2D eigenvalue weighted by Crippen LogP contribution is 2.35. The highest BCUT2D eigenvalue weighted by atomic mass is 79.9. The van der Waals surface area contributed by atoms with Gasteiger partial charge in [-0.15, -0.1) is 0 Å². The van der Waals surface area contributed by atoms with Crippen molar-refractivity contribution in [3.63, 3.8) is 0 Å². The van der Waals surface area contributed by atoms with Crippen LogP contribution in [-0.4, -0.2) is 26.4 Å². The summed E-state index contributed by atoms with van der Waals surface area (Å²) in [5, 5.41) is 25.6. The Hall–Kier alpha value is -1.60. The summed E-state index contributed by atoms with van der Waals surface area (Å²) in [7, 11) is 0. The molecule has 0 spiro atoms. The van der Waals surface area contributed by atoms with Crippen LogP contribution < -0.4 is 0 Å². The Kier molecular flexibility index (Phi) is 4.61. The molecule has 0 radical (unpaired) electrons. The second kappa shape index (κ2) is 6.23. The SMILES string of the molecule is O=C(O)/C(=C\c1ccc(Br)c(O)c1Br)Cc1ccn[nH]1. The number of rotatable bonds is 4. The molecular formula is C13H10Br2N2O3. The molecule has 0 fully saturated rings. The maximum Gasteiger partial charge on any atom is 0.331 e. The number of benzene rings is 1. The fourth-order valence-electron chi connectivity index (χ4n) is 1.63. The van der Waals surface area contributed by atoms with Crippen molar-refractivity contribution in [2.75, 3.05) is 0 Å². The maximum atomic E-state index is 11.3. The average Bonchev–Trinajstić information content (AvgIpc) is 2.91. The number of hydrogen-bond donors (Lipinski definition) is 3. The van der Waals surface area contributed by atoms with Crippen LogP contribution >= 0.6 is 31.9 Å². The van der Waals surface area contributed by atoms with Gasteiger partial charge in [-0.2, -0.15) is 5.10 Å². The number of aromatic nitrogens is 2. The van der Waals surface area contributed by atoms with Gasteiger partial charge in [0.1, 0.15) is 5.75 Å². The van der Waals surface area contributed by atoms with Crippen molar-refractivity contribution in [3.05, 3.63) is 50.2 Å². The predicted molar refractivity (Wildman–Crippen MR) is 81.4 cm³/mol. The van der Waals surface area contributed by atoms with E-state index in [2.05, 4.69) is 42.1 Å². The van der Waals surface area contributed by atoms with Crippen LogP contribution in [0.5, 0.6) is 5.75 Å². The smallest absolute Gasteiger partial charge is 0.331 e. The lowest BCUT2D eigenvalue weighted by molar-refractivity contribution is -0.132. The molecule has 0 amide bonds. The highest BCUT2D eigenvalue weighted by molar-refractivity contribution is 9.11. The molecule has 7 heteroatoms. The number of H-pyrrole nitrogens is 1. The summed E-state index contributed by atoms with van der Waals surface area (Å²) in [6, 6.07) is 5.08. The number of carboxylic acid groups (broad SMARTS) is 1. The number of carbonyl (C=O) groups is 1. The van der Waals surface area contributed by atoms with Crippen molar-refractivity contribution in [1.82, 2.24) is 10.2 Å². The van der Waals surface area contributed by atoms with E-state index in [9.17, 15) is 15.0 Å². The number of carboxylic acids is 1. The first-order valence-electron chi connectivity index (χ1n) is 5.58. The third-order valence-corrected chi connectivity index (χ3v) is 4.11. The minimum Gasteiger partial charge on any atom is -0.506 e. The number of aliphatic carboxylic acids is 1. The Labute approximate surface area is 131 Å². The molecular weight excluding hydrogens is 392 g/mol. The first-order chi connectivity index (χ1) is 9.49. The first kappa shape index (κ1) is 14.8. The second-order valence-electron chi connectivity index (χ2n) is 4.03. The van der Waals surface area contributed by atoms with Crippen molar-refractivity contribution >= 4 is 43.9 Å². The zero-order chi connectivity index (χ0) is 14.7. The van der Waals surface area contributed by atoms with Gasteiger partial charge >= 0.3 is 5.97 Å². The topological polar surface area (TPSA) is 86.2 Å². The highest BCUT2D eigenvalue weighted by Gasteiger charge is 2.13. The van der Waals surface area contributed by atoms with Gasteiger partial charge in [0.15, 0.2) is 0 Å². The van der Waals surface area contributed by atoms with Gasteiger partial charge in [-0.1, -0.05) is 6.07 Å². The van der Waals surface area contributed by atoms with Gasteiger partial charge in [-0.05, 0) is 55.6 Å². The van der Waals surface area contributed by atoms with Crippen molar-refractivity contribution in [2.45, 2.75) is 6.42 Å². The van der Waals surface area contributed by atoms with Gasteiger partial charge < -0.3 is 10.2 Å². The molecule has 0 unspecified atom stereocenters. The fourth-order valence-corrected chi connectivity index (χ4v) is 2.69. The van der Waals surface area contributed by atoms with Gasteiger partial charge in [-0.25, -0.2) is 4.79 Å². The summed E-state index contributed by atoms with van der Waals surface area (Å²) in [4.78, 5) is 11.3. The Bertz CT molecular complexity index is 667. The first-order valence-corrected chi connectivity index (χ1v) is 7.16. The quantitative estimate of drug-likeness (QED) is 0.685. The minimum absolute atomic E-state index is 0.0324. The van der Waals surface area contributed by atoms with E-state index in [1.54, 1.807) is 24.4 Å². The zero-order valence-electron chi connectivity index (χ0n) is 10.1. The monoisotopic (exact) mass is 400 g/mol. The van der Waals surface area contributed by atoms with Crippen LogP contribution in [0.15, 0.2) is 38.9 Å². The summed E-state index contributed by atoms with van der Waals surface area (Å²) >= 11 is 6.44. The number of phenolic OH excluding ortho intramolecular Hbond substituents is 1. The molecule has 1 aromatic carbocycles. The molecule has 0 aliphatic carbocycles. The van der Waals surface area contributed by atoms with E-state index in [-0.39, 0.29) is 17.7 Å². The van der Waals surface area contributed by atoms with Crippen molar-refractivity contribution in [2.24, 2.45) is 0 Å². The molecule has 3 N–H and O–H groups in total. The molecule has 104 valence electrons. The predicted octanol–water partition coefficient (Wildman–Crippen LogP) is 3.35. The van der Waals surface area contributed by atoms with Crippen LogP contribution in [-0.2, 0) is 11.2 Å². The van der Waals surface area contributed by atoms with Crippen LogP contribution in [0.3, 0.4) is 0 Å². The zero-order valence-corrected chi connectivity index (χ0v) is 13.3. The Morgan fingerprint density at radius 1 is 1.35 bits per heavy atom. The van der Waals surface area contributed by atoms with Gasteiger partial charge in [0.25, 0.3) is 0 Å². The maximum absolute atomic E-state index is 11.3. The minimum atomic E-state index is -1.02. The molecule has 0 atom stereocenters. The number of aromatic hydroxyl groups is 1. The van der Waals surface area contributed by atoms with E-state index in [0.29, 0.717) is 20.2 Å². The van der Waals surface area contributed by atoms with Crippen LogP contribution in [0.4, 0.5) is 0 Å². The van der Waals surface area contributed by atoms with E-state index < -0.39 is 5.97 Å². The van der Waals surface area contributed by atoms with E-state index in [1.807, 2.05) is 0 Å². The van der Waals surface area contributed by atoms with Crippen molar-refractivity contribution in [3.8, 4) is 5.75 Å². The molecule has 0 bridgehead atoms. The Balaban J connectivity index is 2.39. The molecule has 0 saturated carbocycles. The Morgan fingerprint density at radius 2 is 2.10 bits per heavy atom. The summed E-state index contributed by atoms with van der Waals surface area (Å²) in [5.74, 6) is -0.987. The molecule has 5 nitrogen and oxygen atoms in total. The van der Waals surface area contributed by atoms with Crippen LogP contribution in [0.2, 0.25) is 0 Å².